The van der Waals surface area contributed by atoms with Crippen LogP contribution in [0.25, 0.3) is 0 Å². The number of nitrogens with one attached hydrogen (secondary N) is 2. The van der Waals surface area contributed by atoms with Crippen molar-refractivity contribution in [1.29, 1.82) is 0 Å². The van der Waals surface area contributed by atoms with E-state index in [2.05, 4.69) is 22.2 Å². The fraction of sp³-hybridized carbons (Fsp3) is 0.364. The lowest BCUT2D eigenvalue weighted by Crippen LogP contribution is -2.40. The van der Waals surface area contributed by atoms with Gasteiger partial charge in [0.15, 0.2) is 0 Å². The number of rotatable bonds is 5. The number of carbonyl (C=O) groups is 2. The molecule has 98 valence electrons. The predicted molar refractivity (Wildman–Crippen MR) is 68.4 cm³/mol. The van der Waals surface area contributed by atoms with Gasteiger partial charge < -0.3 is 9.73 Å². The Morgan fingerprint density at radius 2 is 2.22 bits per heavy atom. The van der Waals surface area contributed by atoms with Crippen LogP contribution < -0.4 is 10.6 Å². The molecular formula is C11H15N3O3S. The molecule has 0 saturated heterocycles. The maximum Gasteiger partial charge on any atom is 0.321 e. The van der Waals surface area contributed by atoms with E-state index in [1.165, 1.54) is 6.08 Å². The van der Waals surface area contributed by atoms with Crippen LogP contribution in [0.3, 0.4) is 0 Å². The number of urea groups is 1. The minimum Gasteiger partial charge on any atom is -0.437 e. The summed E-state index contributed by atoms with van der Waals surface area (Å²) in [6.07, 6.45) is 1.52. The molecule has 0 atom stereocenters. The van der Waals surface area contributed by atoms with E-state index in [1.54, 1.807) is 6.92 Å². The Morgan fingerprint density at radius 1 is 1.50 bits per heavy atom. The Hall–Kier alpha value is -1.76. The Bertz CT molecular complexity index is 437. The molecule has 0 bridgehead atoms. The molecule has 0 radical (unpaired) electrons. The smallest absolute Gasteiger partial charge is 0.321 e. The summed E-state index contributed by atoms with van der Waals surface area (Å²) >= 11 is 1.14. The topological polar surface area (TPSA) is 84.2 Å². The van der Waals surface area contributed by atoms with Gasteiger partial charge in [-0.3, -0.25) is 10.1 Å². The summed E-state index contributed by atoms with van der Waals surface area (Å²) in [7, 11) is 0. The average molecular weight is 269 g/mol. The first kappa shape index (κ1) is 14.3. The Morgan fingerprint density at radius 3 is 2.78 bits per heavy atom. The minimum atomic E-state index is -0.541. The standard InChI is InChI=1S/C11H15N3O3S/c1-4-5-12-10(16)14-9(15)6-18-11-13-7(2)8(3)17-11/h4H,1,5-6H2,2-3H3,(H2,12,14,15,16). The molecule has 1 aromatic heterocycles. The second-order valence-corrected chi connectivity index (χ2v) is 4.38. The van der Waals surface area contributed by atoms with E-state index >= 15 is 0 Å². The highest BCUT2D eigenvalue weighted by Crippen LogP contribution is 2.19. The highest BCUT2D eigenvalue weighted by atomic mass is 32.2. The van der Waals surface area contributed by atoms with Crippen LogP contribution in [0.15, 0.2) is 22.3 Å². The minimum absolute atomic E-state index is 0.0703. The van der Waals surface area contributed by atoms with E-state index in [-0.39, 0.29) is 5.75 Å². The fourth-order valence-corrected chi connectivity index (χ4v) is 1.72. The molecule has 1 rings (SSSR count). The van der Waals surface area contributed by atoms with Crippen LogP contribution in [0.4, 0.5) is 4.79 Å². The van der Waals surface area contributed by atoms with E-state index in [0.717, 1.165) is 23.2 Å². The van der Waals surface area contributed by atoms with Gasteiger partial charge in [0.05, 0.1) is 11.4 Å². The number of hydrogen-bond donors (Lipinski definition) is 2. The molecule has 3 amide bonds. The zero-order valence-electron chi connectivity index (χ0n) is 10.3. The molecular weight excluding hydrogens is 254 g/mol. The number of aryl methyl sites for hydroxylation is 2. The molecule has 0 fully saturated rings. The Labute approximate surface area is 109 Å². The molecule has 1 aromatic rings. The van der Waals surface area contributed by atoms with Gasteiger partial charge in [0, 0.05) is 6.54 Å². The second kappa shape index (κ2) is 6.85. The highest BCUT2D eigenvalue weighted by Gasteiger charge is 2.11. The molecule has 18 heavy (non-hydrogen) atoms. The van der Waals surface area contributed by atoms with E-state index < -0.39 is 11.9 Å². The van der Waals surface area contributed by atoms with E-state index in [4.69, 9.17) is 4.42 Å². The van der Waals surface area contributed by atoms with Crippen LogP contribution in [0.1, 0.15) is 11.5 Å². The predicted octanol–water partition coefficient (Wildman–Crippen LogP) is 1.40. The van der Waals surface area contributed by atoms with E-state index in [1.807, 2.05) is 6.92 Å². The van der Waals surface area contributed by atoms with Crippen molar-refractivity contribution in [2.24, 2.45) is 0 Å². The van der Waals surface area contributed by atoms with Gasteiger partial charge in [0.1, 0.15) is 5.76 Å². The van der Waals surface area contributed by atoms with Crippen molar-refractivity contribution in [2.45, 2.75) is 19.1 Å². The first-order chi connectivity index (χ1) is 8.52. The fourth-order valence-electron chi connectivity index (χ4n) is 1.00. The van der Waals surface area contributed by atoms with Crippen molar-refractivity contribution in [3.05, 3.63) is 24.1 Å². The summed E-state index contributed by atoms with van der Waals surface area (Å²) in [5.74, 6) is 0.387. The summed E-state index contributed by atoms with van der Waals surface area (Å²) in [5, 5.41) is 5.04. The third kappa shape index (κ3) is 4.62. The van der Waals surface area contributed by atoms with Crippen molar-refractivity contribution in [3.63, 3.8) is 0 Å². The van der Waals surface area contributed by atoms with Crippen molar-refractivity contribution in [2.75, 3.05) is 12.3 Å². The SMILES string of the molecule is C=CCNC(=O)NC(=O)CSc1nc(C)c(C)o1. The van der Waals surface area contributed by atoms with Crippen LogP contribution in [0, 0.1) is 13.8 Å². The second-order valence-electron chi connectivity index (χ2n) is 3.46. The number of hydrogen-bond acceptors (Lipinski definition) is 5. The largest absolute Gasteiger partial charge is 0.437 e. The lowest BCUT2D eigenvalue weighted by atomic mass is 10.4. The van der Waals surface area contributed by atoms with Crippen LogP contribution in [-0.2, 0) is 4.79 Å². The number of thioether (sulfide) groups is 1. The molecule has 0 aliphatic rings. The first-order valence-electron chi connectivity index (χ1n) is 5.28. The number of nitrogens with zero attached hydrogens (tertiary/aromatic N) is 1. The van der Waals surface area contributed by atoms with Gasteiger partial charge in [0.2, 0.25) is 5.91 Å². The van der Waals surface area contributed by atoms with Gasteiger partial charge in [-0.05, 0) is 13.8 Å². The third-order valence-corrected chi connectivity index (χ3v) is 2.82. The van der Waals surface area contributed by atoms with Crippen molar-refractivity contribution in [1.82, 2.24) is 15.6 Å². The van der Waals surface area contributed by atoms with Crippen molar-refractivity contribution >= 4 is 23.7 Å². The van der Waals surface area contributed by atoms with Crippen LogP contribution in [0.2, 0.25) is 0 Å². The van der Waals surface area contributed by atoms with E-state index in [9.17, 15) is 9.59 Å². The third-order valence-electron chi connectivity index (χ3n) is 2.00. The number of imide groups is 1. The molecule has 0 unspecified atom stereocenters. The van der Waals surface area contributed by atoms with Crippen LogP contribution in [-0.4, -0.2) is 29.2 Å². The highest BCUT2D eigenvalue weighted by molar-refractivity contribution is 7.99. The molecule has 7 heteroatoms. The van der Waals surface area contributed by atoms with Gasteiger partial charge >= 0.3 is 6.03 Å². The monoisotopic (exact) mass is 269 g/mol. The summed E-state index contributed by atoms with van der Waals surface area (Å²) in [5.41, 5.74) is 0.793. The Kier molecular flexibility index (Phi) is 5.44. The van der Waals surface area contributed by atoms with Gasteiger partial charge in [-0.15, -0.1) is 6.58 Å². The van der Waals surface area contributed by atoms with Crippen LogP contribution in [0.5, 0.6) is 0 Å². The van der Waals surface area contributed by atoms with Crippen molar-refractivity contribution < 1.29 is 14.0 Å². The number of amides is 3. The number of aromatic nitrogens is 1. The molecule has 0 saturated carbocycles. The van der Waals surface area contributed by atoms with Gasteiger partial charge in [0.25, 0.3) is 5.22 Å². The zero-order valence-corrected chi connectivity index (χ0v) is 11.1. The quantitative estimate of drug-likeness (QED) is 0.623. The maximum absolute atomic E-state index is 11.4. The van der Waals surface area contributed by atoms with E-state index in [0.29, 0.717) is 11.8 Å². The molecule has 1 heterocycles. The van der Waals surface area contributed by atoms with Crippen molar-refractivity contribution in [3.8, 4) is 0 Å². The summed E-state index contributed by atoms with van der Waals surface area (Å²) < 4.78 is 5.29. The molecule has 0 spiro atoms. The molecule has 0 aliphatic heterocycles. The maximum atomic E-state index is 11.4. The first-order valence-corrected chi connectivity index (χ1v) is 6.27. The zero-order chi connectivity index (χ0) is 13.5. The molecule has 2 N–H and O–H groups in total. The lowest BCUT2D eigenvalue weighted by molar-refractivity contribution is -0.117. The summed E-state index contributed by atoms with van der Waals surface area (Å²) in [6, 6.07) is -0.541. The average Bonchev–Trinajstić information content (AvgIpc) is 2.64. The Balaban J connectivity index is 2.32. The van der Waals surface area contributed by atoms with Gasteiger partial charge in [-0.2, -0.15) is 0 Å². The molecule has 0 aliphatic carbocycles. The lowest BCUT2D eigenvalue weighted by Gasteiger charge is -2.03. The van der Waals surface area contributed by atoms with Gasteiger partial charge in [-0.1, -0.05) is 17.8 Å². The molecule has 6 nitrogen and oxygen atoms in total. The summed E-state index contributed by atoms with van der Waals surface area (Å²) in [4.78, 5) is 26.6. The van der Waals surface area contributed by atoms with Gasteiger partial charge in [-0.25, -0.2) is 9.78 Å². The number of carbonyl (C=O) groups excluding carboxylic acids is 2. The normalized spacial score (nSPS) is 9.89. The summed E-state index contributed by atoms with van der Waals surface area (Å²) in [6.45, 7) is 7.38. The molecule has 0 aromatic carbocycles. The number of oxazole rings is 1. The van der Waals surface area contributed by atoms with Crippen LogP contribution >= 0.6 is 11.8 Å².